The summed E-state index contributed by atoms with van der Waals surface area (Å²) < 4.78 is 0. The molecule has 1 N–H and O–H groups in total. The quantitative estimate of drug-likeness (QED) is 0.640. The third kappa shape index (κ3) is 2.44. The van der Waals surface area contributed by atoms with Gasteiger partial charge in [-0.2, -0.15) is 0 Å². The molecular formula is C15H18ClNO. The second-order valence-corrected chi connectivity index (χ2v) is 5.22. The number of benzene rings is 1. The molecule has 3 heteroatoms. The minimum absolute atomic E-state index is 0.123. The van der Waals surface area contributed by atoms with Crippen LogP contribution < -0.4 is 5.32 Å². The molecule has 1 aliphatic rings. The zero-order valence-electron chi connectivity index (χ0n) is 10.4. The average Bonchev–Trinajstić information content (AvgIpc) is 2.28. The number of halogens is 1. The first-order valence-electron chi connectivity index (χ1n) is 6.34. The predicted octanol–water partition coefficient (Wildman–Crippen LogP) is 3.45. The highest BCUT2D eigenvalue weighted by Crippen LogP contribution is 2.44. The molecule has 0 heterocycles. The van der Waals surface area contributed by atoms with Crippen molar-refractivity contribution in [3.63, 3.8) is 0 Å². The maximum atomic E-state index is 12.3. The molecule has 0 spiro atoms. The fourth-order valence-corrected chi connectivity index (χ4v) is 2.61. The number of rotatable bonds is 5. The van der Waals surface area contributed by atoms with E-state index in [2.05, 4.69) is 11.9 Å². The van der Waals surface area contributed by atoms with E-state index >= 15 is 0 Å². The van der Waals surface area contributed by atoms with Crippen LogP contribution >= 0.6 is 11.6 Å². The third-order valence-corrected chi connectivity index (χ3v) is 3.89. The summed E-state index contributed by atoms with van der Waals surface area (Å²) in [4.78, 5) is 12.3. The van der Waals surface area contributed by atoms with Crippen LogP contribution in [-0.2, 0) is 10.2 Å². The van der Waals surface area contributed by atoms with E-state index in [1.54, 1.807) is 0 Å². The zero-order chi connectivity index (χ0) is 13.0. The summed E-state index contributed by atoms with van der Waals surface area (Å²) in [7, 11) is 0. The van der Waals surface area contributed by atoms with Gasteiger partial charge in [0.05, 0.1) is 5.41 Å². The van der Waals surface area contributed by atoms with Crippen LogP contribution in [-0.4, -0.2) is 12.5 Å². The van der Waals surface area contributed by atoms with Crippen LogP contribution in [0.1, 0.15) is 31.2 Å². The lowest BCUT2D eigenvalue weighted by Gasteiger charge is -2.40. The Kier molecular flexibility index (Phi) is 4.07. The summed E-state index contributed by atoms with van der Waals surface area (Å²) >= 11 is 6.02. The van der Waals surface area contributed by atoms with Gasteiger partial charge in [-0.15, -0.1) is 6.58 Å². The van der Waals surface area contributed by atoms with E-state index in [4.69, 9.17) is 11.6 Å². The third-order valence-electron chi connectivity index (χ3n) is 3.65. The van der Waals surface area contributed by atoms with Gasteiger partial charge in [-0.3, -0.25) is 4.79 Å². The van der Waals surface area contributed by atoms with Gasteiger partial charge in [-0.25, -0.2) is 0 Å². The van der Waals surface area contributed by atoms with Crippen LogP contribution in [0.25, 0.3) is 0 Å². The van der Waals surface area contributed by atoms with Crippen molar-refractivity contribution >= 4 is 17.5 Å². The topological polar surface area (TPSA) is 29.1 Å². The largest absolute Gasteiger partial charge is 0.355 e. The first-order valence-corrected chi connectivity index (χ1v) is 6.72. The molecule has 0 radical (unpaired) electrons. The summed E-state index contributed by atoms with van der Waals surface area (Å²) in [5.41, 5.74) is 0.684. The van der Waals surface area contributed by atoms with E-state index in [0.29, 0.717) is 11.6 Å². The number of carbonyl (C=O) groups excluding carboxylic acids is 1. The van der Waals surface area contributed by atoms with Crippen LogP contribution in [0.2, 0.25) is 5.02 Å². The van der Waals surface area contributed by atoms with Crippen LogP contribution in [0.5, 0.6) is 0 Å². The van der Waals surface area contributed by atoms with E-state index in [1.165, 1.54) is 0 Å². The fourth-order valence-electron chi connectivity index (χ4n) is 2.42. The molecule has 1 aromatic rings. The van der Waals surface area contributed by atoms with E-state index in [-0.39, 0.29) is 11.3 Å². The van der Waals surface area contributed by atoms with Gasteiger partial charge < -0.3 is 5.32 Å². The Labute approximate surface area is 113 Å². The SMILES string of the molecule is C=CCCNC(=O)C1(c2cccc(Cl)c2)CCC1. The molecule has 2 nitrogen and oxygen atoms in total. The summed E-state index contributed by atoms with van der Waals surface area (Å²) in [5, 5.41) is 3.68. The van der Waals surface area contributed by atoms with Crippen LogP contribution in [0.3, 0.4) is 0 Å². The first-order chi connectivity index (χ1) is 8.69. The van der Waals surface area contributed by atoms with Crippen molar-refractivity contribution in [3.05, 3.63) is 47.5 Å². The van der Waals surface area contributed by atoms with Crippen LogP contribution in [0, 0.1) is 0 Å². The summed E-state index contributed by atoms with van der Waals surface area (Å²) in [6.45, 7) is 4.31. The second-order valence-electron chi connectivity index (χ2n) is 4.78. The monoisotopic (exact) mass is 263 g/mol. The smallest absolute Gasteiger partial charge is 0.230 e. The van der Waals surface area contributed by atoms with Gasteiger partial charge in [0.15, 0.2) is 0 Å². The Morgan fingerprint density at radius 2 is 2.28 bits per heavy atom. The zero-order valence-corrected chi connectivity index (χ0v) is 11.2. The fraction of sp³-hybridized carbons (Fsp3) is 0.400. The highest BCUT2D eigenvalue weighted by molar-refractivity contribution is 6.30. The molecule has 0 aliphatic heterocycles. The Morgan fingerprint density at radius 1 is 1.50 bits per heavy atom. The molecule has 1 saturated carbocycles. The predicted molar refractivity (Wildman–Crippen MR) is 74.8 cm³/mol. The van der Waals surface area contributed by atoms with Crippen molar-refractivity contribution in [2.45, 2.75) is 31.1 Å². The second kappa shape index (κ2) is 5.57. The minimum atomic E-state index is -0.355. The maximum absolute atomic E-state index is 12.3. The average molecular weight is 264 g/mol. The number of carbonyl (C=O) groups is 1. The molecular weight excluding hydrogens is 246 g/mol. The van der Waals surface area contributed by atoms with E-state index in [1.807, 2.05) is 30.3 Å². The molecule has 96 valence electrons. The van der Waals surface area contributed by atoms with Crippen molar-refractivity contribution in [3.8, 4) is 0 Å². The van der Waals surface area contributed by atoms with E-state index < -0.39 is 0 Å². The van der Waals surface area contributed by atoms with Gasteiger partial charge in [0.2, 0.25) is 5.91 Å². The maximum Gasteiger partial charge on any atom is 0.230 e. The Morgan fingerprint density at radius 3 is 2.83 bits per heavy atom. The molecule has 0 aromatic heterocycles. The van der Waals surface area contributed by atoms with Crippen molar-refractivity contribution < 1.29 is 4.79 Å². The van der Waals surface area contributed by atoms with Crippen molar-refractivity contribution in [1.82, 2.24) is 5.32 Å². The highest BCUT2D eigenvalue weighted by atomic mass is 35.5. The lowest BCUT2D eigenvalue weighted by atomic mass is 9.64. The molecule has 18 heavy (non-hydrogen) atoms. The standard InChI is InChI=1S/C15H18ClNO/c1-2-3-10-17-14(18)15(8-5-9-15)12-6-4-7-13(16)11-12/h2,4,6-7,11H,1,3,5,8-10H2,(H,17,18). The highest BCUT2D eigenvalue weighted by Gasteiger charge is 2.45. The molecule has 0 bridgehead atoms. The lowest BCUT2D eigenvalue weighted by molar-refractivity contribution is -0.129. The van der Waals surface area contributed by atoms with Crippen LogP contribution in [0.4, 0.5) is 0 Å². The summed E-state index contributed by atoms with van der Waals surface area (Å²) in [6, 6.07) is 7.66. The van der Waals surface area contributed by atoms with Gasteiger partial charge in [0, 0.05) is 11.6 Å². The van der Waals surface area contributed by atoms with Gasteiger partial charge >= 0.3 is 0 Å². The molecule has 0 saturated heterocycles. The molecule has 1 amide bonds. The van der Waals surface area contributed by atoms with E-state index in [9.17, 15) is 4.79 Å². The molecule has 1 aromatic carbocycles. The van der Waals surface area contributed by atoms with E-state index in [0.717, 1.165) is 31.2 Å². The number of hydrogen-bond acceptors (Lipinski definition) is 1. The molecule has 0 atom stereocenters. The number of hydrogen-bond donors (Lipinski definition) is 1. The van der Waals surface area contributed by atoms with Gasteiger partial charge in [0.1, 0.15) is 0 Å². The Hall–Kier alpha value is -1.28. The Bertz CT molecular complexity index is 452. The lowest BCUT2D eigenvalue weighted by Crippen LogP contribution is -2.49. The summed E-state index contributed by atoms with van der Waals surface area (Å²) in [5.74, 6) is 0.123. The first kappa shape index (κ1) is 13.2. The Balaban J connectivity index is 2.15. The van der Waals surface area contributed by atoms with Gasteiger partial charge in [-0.05, 0) is 37.0 Å². The molecule has 0 unspecified atom stereocenters. The van der Waals surface area contributed by atoms with Crippen molar-refractivity contribution in [1.29, 1.82) is 0 Å². The molecule has 1 fully saturated rings. The number of amides is 1. The summed E-state index contributed by atoms with van der Waals surface area (Å²) in [6.07, 6.45) is 5.53. The van der Waals surface area contributed by atoms with Crippen molar-refractivity contribution in [2.75, 3.05) is 6.54 Å². The van der Waals surface area contributed by atoms with Crippen molar-refractivity contribution in [2.24, 2.45) is 0 Å². The number of nitrogens with one attached hydrogen (secondary N) is 1. The van der Waals surface area contributed by atoms with Crippen LogP contribution in [0.15, 0.2) is 36.9 Å². The molecule has 2 rings (SSSR count). The minimum Gasteiger partial charge on any atom is -0.355 e. The van der Waals surface area contributed by atoms with Gasteiger partial charge in [0.25, 0.3) is 0 Å². The molecule has 1 aliphatic carbocycles. The normalized spacial score (nSPS) is 16.7. The van der Waals surface area contributed by atoms with Gasteiger partial charge in [-0.1, -0.05) is 36.2 Å².